The lowest BCUT2D eigenvalue weighted by atomic mass is 10.2. The molecule has 0 spiro atoms. The van der Waals surface area contributed by atoms with Gasteiger partial charge in [0.1, 0.15) is 10.9 Å². The van der Waals surface area contributed by atoms with E-state index in [9.17, 15) is 0 Å². The van der Waals surface area contributed by atoms with Crippen molar-refractivity contribution in [3.63, 3.8) is 0 Å². The van der Waals surface area contributed by atoms with E-state index in [0.717, 1.165) is 21.0 Å². The van der Waals surface area contributed by atoms with Crippen LogP contribution in [0.5, 0.6) is 5.75 Å². The van der Waals surface area contributed by atoms with Crippen molar-refractivity contribution in [2.75, 3.05) is 7.11 Å². The van der Waals surface area contributed by atoms with E-state index in [1.807, 2.05) is 18.2 Å². The summed E-state index contributed by atoms with van der Waals surface area (Å²) in [5, 5.41) is 2.35. The second kappa shape index (κ2) is 3.75. The standard InChI is InChI=1S/C10H7BrClNO/c1-14-9-5-13-10(12)8-4-6(11)2-3-7(8)9/h2-5H,1H3. The normalized spacial score (nSPS) is 10.5. The number of ether oxygens (including phenoxy) is 1. The second-order valence-electron chi connectivity index (χ2n) is 2.81. The first-order valence-corrected chi connectivity index (χ1v) is 5.17. The van der Waals surface area contributed by atoms with Crippen LogP contribution in [0.4, 0.5) is 0 Å². The lowest BCUT2D eigenvalue weighted by Gasteiger charge is -2.05. The molecule has 0 aliphatic rings. The number of benzene rings is 1. The minimum atomic E-state index is 0.488. The van der Waals surface area contributed by atoms with Crippen molar-refractivity contribution >= 4 is 38.3 Å². The van der Waals surface area contributed by atoms with Gasteiger partial charge in [0.2, 0.25) is 0 Å². The van der Waals surface area contributed by atoms with Gasteiger partial charge in [-0.05, 0) is 18.2 Å². The highest BCUT2D eigenvalue weighted by atomic mass is 79.9. The molecular weight excluding hydrogens is 265 g/mol. The molecule has 0 fully saturated rings. The topological polar surface area (TPSA) is 22.1 Å². The first-order valence-electron chi connectivity index (χ1n) is 4.00. The molecule has 1 aromatic heterocycles. The lowest BCUT2D eigenvalue weighted by molar-refractivity contribution is 0.418. The number of fused-ring (bicyclic) bond motifs is 1. The Bertz CT molecular complexity index is 487. The smallest absolute Gasteiger partial charge is 0.145 e. The molecule has 2 aromatic rings. The summed E-state index contributed by atoms with van der Waals surface area (Å²) in [6.45, 7) is 0. The molecule has 0 bridgehead atoms. The summed E-state index contributed by atoms with van der Waals surface area (Å²) in [6.07, 6.45) is 1.62. The van der Waals surface area contributed by atoms with Crippen molar-refractivity contribution < 1.29 is 4.74 Å². The number of nitrogens with zero attached hydrogens (tertiary/aromatic N) is 1. The third kappa shape index (κ3) is 1.57. The number of methoxy groups -OCH3 is 1. The highest BCUT2D eigenvalue weighted by Gasteiger charge is 2.06. The molecule has 0 amide bonds. The molecule has 2 rings (SSSR count). The van der Waals surface area contributed by atoms with E-state index in [4.69, 9.17) is 16.3 Å². The zero-order chi connectivity index (χ0) is 10.1. The average Bonchev–Trinajstić information content (AvgIpc) is 2.19. The largest absolute Gasteiger partial charge is 0.494 e. The molecule has 0 radical (unpaired) electrons. The maximum Gasteiger partial charge on any atom is 0.145 e. The van der Waals surface area contributed by atoms with E-state index in [1.165, 1.54) is 0 Å². The maximum atomic E-state index is 5.97. The van der Waals surface area contributed by atoms with Crippen molar-refractivity contribution in [3.05, 3.63) is 34.0 Å². The van der Waals surface area contributed by atoms with E-state index < -0.39 is 0 Å². The average molecular weight is 273 g/mol. The van der Waals surface area contributed by atoms with Gasteiger partial charge < -0.3 is 4.74 Å². The van der Waals surface area contributed by atoms with Crippen LogP contribution < -0.4 is 4.74 Å². The zero-order valence-corrected chi connectivity index (χ0v) is 9.76. The van der Waals surface area contributed by atoms with Crippen molar-refractivity contribution in [1.82, 2.24) is 4.98 Å². The molecule has 4 heteroatoms. The van der Waals surface area contributed by atoms with Gasteiger partial charge >= 0.3 is 0 Å². The fourth-order valence-electron chi connectivity index (χ4n) is 1.32. The third-order valence-electron chi connectivity index (χ3n) is 1.98. The van der Waals surface area contributed by atoms with Gasteiger partial charge in [-0.1, -0.05) is 27.5 Å². The molecule has 14 heavy (non-hydrogen) atoms. The van der Waals surface area contributed by atoms with Crippen LogP contribution in [0.15, 0.2) is 28.9 Å². The number of halogens is 2. The molecular formula is C10H7BrClNO. The molecule has 2 nitrogen and oxygen atoms in total. The van der Waals surface area contributed by atoms with Gasteiger partial charge in [0.15, 0.2) is 0 Å². The summed E-state index contributed by atoms with van der Waals surface area (Å²) in [6, 6.07) is 5.82. The zero-order valence-electron chi connectivity index (χ0n) is 7.42. The Morgan fingerprint density at radius 2 is 2.14 bits per heavy atom. The molecule has 0 saturated carbocycles. The molecule has 1 heterocycles. The summed E-state index contributed by atoms with van der Waals surface area (Å²) in [5.74, 6) is 0.733. The molecule has 1 aromatic carbocycles. The van der Waals surface area contributed by atoms with Crippen molar-refractivity contribution in [2.45, 2.75) is 0 Å². The Balaban J connectivity index is 2.84. The summed E-state index contributed by atoms with van der Waals surface area (Å²) >= 11 is 9.36. The molecule has 0 N–H and O–H groups in total. The molecule has 0 aliphatic heterocycles. The first kappa shape index (κ1) is 9.74. The molecule has 0 aliphatic carbocycles. The van der Waals surface area contributed by atoms with E-state index in [1.54, 1.807) is 13.3 Å². The monoisotopic (exact) mass is 271 g/mol. The van der Waals surface area contributed by atoms with Gasteiger partial charge in [0, 0.05) is 15.2 Å². The second-order valence-corrected chi connectivity index (χ2v) is 4.08. The lowest BCUT2D eigenvalue weighted by Crippen LogP contribution is -1.87. The van der Waals surface area contributed by atoms with Crippen molar-refractivity contribution in [1.29, 1.82) is 0 Å². The molecule has 0 atom stereocenters. The van der Waals surface area contributed by atoms with E-state index in [-0.39, 0.29) is 0 Å². The Labute approximate surface area is 95.0 Å². The van der Waals surface area contributed by atoms with E-state index >= 15 is 0 Å². The quantitative estimate of drug-likeness (QED) is 0.739. The summed E-state index contributed by atoms with van der Waals surface area (Å²) in [4.78, 5) is 4.04. The molecule has 0 saturated heterocycles. The number of hydrogen-bond donors (Lipinski definition) is 0. The van der Waals surface area contributed by atoms with Crippen molar-refractivity contribution in [2.24, 2.45) is 0 Å². The van der Waals surface area contributed by atoms with Gasteiger partial charge in [-0.3, -0.25) is 0 Å². The summed E-state index contributed by atoms with van der Waals surface area (Å²) in [7, 11) is 1.62. The minimum absolute atomic E-state index is 0.488. The highest BCUT2D eigenvalue weighted by Crippen LogP contribution is 2.31. The van der Waals surface area contributed by atoms with Gasteiger partial charge in [-0.25, -0.2) is 4.98 Å². The Morgan fingerprint density at radius 1 is 1.36 bits per heavy atom. The minimum Gasteiger partial charge on any atom is -0.494 e. The van der Waals surface area contributed by atoms with Crippen LogP contribution in [0.3, 0.4) is 0 Å². The Kier molecular flexibility index (Phi) is 2.61. The molecule has 72 valence electrons. The fraction of sp³-hybridized carbons (Fsp3) is 0.100. The Hall–Kier alpha value is -0.800. The molecule has 0 unspecified atom stereocenters. The van der Waals surface area contributed by atoms with Gasteiger partial charge in [0.25, 0.3) is 0 Å². The van der Waals surface area contributed by atoms with Crippen LogP contribution in [0, 0.1) is 0 Å². The number of hydrogen-bond acceptors (Lipinski definition) is 2. The van der Waals surface area contributed by atoms with Gasteiger partial charge in [-0.2, -0.15) is 0 Å². The number of aromatic nitrogens is 1. The predicted octanol–water partition coefficient (Wildman–Crippen LogP) is 3.66. The first-order chi connectivity index (χ1) is 6.72. The van der Waals surface area contributed by atoms with Crippen LogP contribution in [-0.4, -0.2) is 12.1 Å². The highest BCUT2D eigenvalue weighted by molar-refractivity contribution is 9.10. The summed E-state index contributed by atoms with van der Waals surface area (Å²) < 4.78 is 6.16. The van der Waals surface area contributed by atoms with E-state index in [2.05, 4.69) is 20.9 Å². The summed E-state index contributed by atoms with van der Waals surface area (Å²) in [5.41, 5.74) is 0. The van der Waals surface area contributed by atoms with Crippen LogP contribution in [0.1, 0.15) is 0 Å². The number of rotatable bonds is 1. The van der Waals surface area contributed by atoms with E-state index in [0.29, 0.717) is 5.15 Å². The third-order valence-corrected chi connectivity index (χ3v) is 2.78. The number of pyridine rings is 1. The maximum absolute atomic E-state index is 5.97. The fourth-order valence-corrected chi connectivity index (χ4v) is 1.89. The van der Waals surface area contributed by atoms with Gasteiger partial charge in [-0.15, -0.1) is 0 Å². The van der Waals surface area contributed by atoms with Crippen LogP contribution in [0.2, 0.25) is 5.15 Å². The predicted molar refractivity (Wildman–Crippen MR) is 61.0 cm³/mol. The van der Waals surface area contributed by atoms with Crippen molar-refractivity contribution in [3.8, 4) is 5.75 Å². The van der Waals surface area contributed by atoms with Gasteiger partial charge in [0.05, 0.1) is 13.3 Å². The van der Waals surface area contributed by atoms with Crippen LogP contribution in [0.25, 0.3) is 10.8 Å². The van der Waals surface area contributed by atoms with Crippen LogP contribution >= 0.6 is 27.5 Å². The Morgan fingerprint density at radius 3 is 2.86 bits per heavy atom. The SMILES string of the molecule is COc1cnc(Cl)c2cc(Br)ccc12. The van der Waals surface area contributed by atoms with Crippen LogP contribution in [-0.2, 0) is 0 Å².